The van der Waals surface area contributed by atoms with Gasteiger partial charge in [-0.2, -0.15) is 0 Å². The number of thioether (sulfide) groups is 1. The van der Waals surface area contributed by atoms with Gasteiger partial charge in [-0.05, 0) is 35.7 Å². The Kier molecular flexibility index (Phi) is 9.25. The fraction of sp³-hybridized carbons (Fsp3) is 0.739. The van der Waals surface area contributed by atoms with Crippen molar-refractivity contribution in [2.24, 2.45) is 0 Å². The Hall–Kier alpha value is -0.373. The summed E-state index contributed by atoms with van der Waals surface area (Å²) in [6.07, 6.45) is -0.398. The highest BCUT2D eigenvalue weighted by atomic mass is 32.2. The van der Waals surface area contributed by atoms with E-state index in [4.69, 9.17) is 18.6 Å². The number of rotatable bonds is 10. The van der Waals surface area contributed by atoms with Gasteiger partial charge in [0.2, 0.25) is 0 Å². The van der Waals surface area contributed by atoms with E-state index in [0.29, 0.717) is 23.2 Å². The van der Waals surface area contributed by atoms with Crippen molar-refractivity contribution in [1.29, 1.82) is 0 Å². The first-order valence-corrected chi connectivity index (χ1v) is 13.8. The largest absolute Gasteiger partial charge is 0.413 e. The third-order valence-electron chi connectivity index (χ3n) is 6.29. The maximum absolute atomic E-state index is 6.81. The molecule has 0 unspecified atom stereocenters. The van der Waals surface area contributed by atoms with Gasteiger partial charge in [-0.1, -0.05) is 71.0 Å². The maximum atomic E-state index is 6.81. The van der Waals surface area contributed by atoms with Crippen LogP contribution in [0.2, 0.25) is 16.6 Å². The van der Waals surface area contributed by atoms with Crippen molar-refractivity contribution in [1.82, 2.24) is 0 Å². The minimum absolute atomic E-state index is 0.116. The first kappa shape index (κ1) is 24.9. The molecule has 1 aliphatic heterocycles. The molecule has 1 heterocycles. The Morgan fingerprint density at radius 3 is 1.86 bits per heavy atom. The second-order valence-electron chi connectivity index (χ2n) is 9.00. The van der Waals surface area contributed by atoms with E-state index in [0.717, 1.165) is 0 Å². The molecule has 2 rings (SSSR count). The molecule has 4 nitrogen and oxygen atoms in total. The van der Waals surface area contributed by atoms with Crippen LogP contribution in [0.3, 0.4) is 0 Å². The van der Waals surface area contributed by atoms with Crippen LogP contribution in [0.1, 0.15) is 47.1 Å². The molecular formula is C23H40O4SSi. The highest BCUT2D eigenvalue weighted by Crippen LogP contribution is 2.43. The van der Waals surface area contributed by atoms with Gasteiger partial charge in [-0.25, -0.2) is 0 Å². The molecule has 1 aliphatic rings. The van der Waals surface area contributed by atoms with E-state index in [-0.39, 0.29) is 23.7 Å². The molecule has 0 aromatic heterocycles. The molecule has 0 radical (unpaired) electrons. The molecule has 0 amide bonds. The fourth-order valence-corrected chi connectivity index (χ4v) is 11.5. The summed E-state index contributed by atoms with van der Waals surface area (Å²) in [7, 11) is 1.52. The van der Waals surface area contributed by atoms with Gasteiger partial charge in [0.15, 0.2) is 8.32 Å². The number of ether oxygens (including phenoxy) is 3. The zero-order chi connectivity index (χ0) is 21.8. The average molecular weight is 441 g/mol. The van der Waals surface area contributed by atoms with Gasteiger partial charge in [0, 0.05) is 19.1 Å². The second-order valence-corrected chi connectivity index (χ2v) is 15.6. The lowest BCUT2D eigenvalue weighted by Crippen LogP contribution is -2.50. The minimum atomic E-state index is -1.96. The molecule has 0 N–H and O–H groups in total. The van der Waals surface area contributed by atoms with Crippen molar-refractivity contribution in [2.45, 2.75) is 93.7 Å². The summed E-state index contributed by atoms with van der Waals surface area (Å²) in [5.74, 6) is 0. The standard InChI is InChI=1S/C23H40O4SSi/c1-15(2)29(16(3)4,17(5)6)26-14-20-21(24-8)22(25-9)23(27-20)28-19-12-10-18(7)11-13-19/h10-13,15-17,20-23H,14H2,1-9H3/t20-,21-,22-,23+/m1/s1. The predicted molar refractivity (Wildman–Crippen MR) is 124 cm³/mol. The van der Waals surface area contributed by atoms with Crippen molar-refractivity contribution in [3.8, 4) is 0 Å². The van der Waals surface area contributed by atoms with E-state index in [9.17, 15) is 0 Å². The lowest BCUT2D eigenvalue weighted by atomic mass is 10.1. The van der Waals surface area contributed by atoms with E-state index in [1.165, 1.54) is 10.5 Å². The fourth-order valence-electron chi connectivity index (χ4n) is 4.93. The van der Waals surface area contributed by atoms with Crippen LogP contribution in [-0.2, 0) is 18.6 Å². The van der Waals surface area contributed by atoms with Crippen LogP contribution in [0.25, 0.3) is 0 Å². The molecule has 29 heavy (non-hydrogen) atoms. The van der Waals surface area contributed by atoms with Gasteiger partial charge < -0.3 is 18.6 Å². The number of aryl methyl sites for hydroxylation is 1. The zero-order valence-corrected chi connectivity index (χ0v) is 21.4. The van der Waals surface area contributed by atoms with Crippen molar-refractivity contribution >= 4 is 20.1 Å². The summed E-state index contributed by atoms with van der Waals surface area (Å²) in [6, 6.07) is 8.52. The van der Waals surface area contributed by atoms with Gasteiger partial charge in [-0.15, -0.1) is 0 Å². The monoisotopic (exact) mass is 440 g/mol. The van der Waals surface area contributed by atoms with Crippen LogP contribution in [0, 0.1) is 6.92 Å². The van der Waals surface area contributed by atoms with E-state index < -0.39 is 8.32 Å². The molecule has 166 valence electrons. The van der Waals surface area contributed by atoms with Crippen molar-refractivity contribution in [3.63, 3.8) is 0 Å². The Labute approximate surface area is 183 Å². The van der Waals surface area contributed by atoms with Crippen molar-refractivity contribution in [2.75, 3.05) is 20.8 Å². The summed E-state index contributed by atoms with van der Waals surface area (Å²) in [4.78, 5) is 1.18. The number of hydrogen-bond donors (Lipinski definition) is 0. The molecule has 6 heteroatoms. The first-order chi connectivity index (χ1) is 13.7. The van der Waals surface area contributed by atoms with E-state index in [1.807, 2.05) is 0 Å². The minimum Gasteiger partial charge on any atom is -0.413 e. The van der Waals surface area contributed by atoms with E-state index in [2.05, 4.69) is 72.7 Å². The van der Waals surface area contributed by atoms with Crippen molar-refractivity contribution in [3.05, 3.63) is 29.8 Å². The third kappa shape index (κ3) is 5.46. The quantitative estimate of drug-likeness (QED) is 0.415. The summed E-state index contributed by atoms with van der Waals surface area (Å²) >= 11 is 1.70. The van der Waals surface area contributed by atoms with Crippen LogP contribution in [0.5, 0.6) is 0 Å². The van der Waals surface area contributed by atoms with Gasteiger partial charge in [0.05, 0.1) is 6.61 Å². The highest BCUT2D eigenvalue weighted by Gasteiger charge is 2.49. The summed E-state index contributed by atoms with van der Waals surface area (Å²) in [6.45, 7) is 16.5. The normalized spacial score (nSPS) is 25.5. The maximum Gasteiger partial charge on any atom is 0.200 e. The number of methoxy groups -OCH3 is 2. The third-order valence-corrected chi connectivity index (χ3v) is 13.5. The molecule has 1 fully saturated rings. The lowest BCUT2D eigenvalue weighted by Gasteiger charge is -2.43. The van der Waals surface area contributed by atoms with Crippen LogP contribution < -0.4 is 0 Å². The van der Waals surface area contributed by atoms with Crippen LogP contribution in [0.4, 0.5) is 0 Å². The van der Waals surface area contributed by atoms with Gasteiger partial charge >= 0.3 is 0 Å². The molecular weight excluding hydrogens is 400 g/mol. The molecule has 0 aliphatic carbocycles. The van der Waals surface area contributed by atoms with E-state index in [1.54, 1.807) is 26.0 Å². The molecule has 1 aromatic rings. The van der Waals surface area contributed by atoms with Crippen LogP contribution in [0.15, 0.2) is 29.2 Å². The Bertz CT molecular complexity index is 598. The highest BCUT2D eigenvalue weighted by molar-refractivity contribution is 7.99. The van der Waals surface area contributed by atoms with Gasteiger partial charge in [0.1, 0.15) is 23.7 Å². The zero-order valence-electron chi connectivity index (χ0n) is 19.6. The summed E-state index contributed by atoms with van der Waals surface area (Å²) in [5.41, 5.74) is 2.76. The Morgan fingerprint density at radius 2 is 1.41 bits per heavy atom. The van der Waals surface area contributed by atoms with Crippen LogP contribution in [-0.4, -0.2) is 52.9 Å². The first-order valence-electron chi connectivity index (χ1n) is 10.8. The Morgan fingerprint density at radius 1 is 0.897 bits per heavy atom. The Balaban J connectivity index is 2.16. The second kappa shape index (κ2) is 10.8. The molecule has 0 saturated carbocycles. The SMILES string of the molecule is CO[C@@H]1[C@H](OC)[C@@H](CO[Si](C(C)C)(C(C)C)C(C)C)O[C@H]1Sc1ccc(C)cc1. The molecule has 4 atom stereocenters. The number of benzene rings is 1. The van der Waals surface area contributed by atoms with Crippen molar-refractivity contribution < 1.29 is 18.6 Å². The van der Waals surface area contributed by atoms with Crippen LogP contribution >= 0.6 is 11.8 Å². The predicted octanol–water partition coefficient (Wildman–Crippen LogP) is 6.03. The summed E-state index contributed by atoms with van der Waals surface area (Å²) in [5, 5.41) is 0. The molecule has 1 saturated heterocycles. The topological polar surface area (TPSA) is 36.9 Å². The molecule has 0 spiro atoms. The molecule has 0 bridgehead atoms. The average Bonchev–Trinajstić information content (AvgIpc) is 2.99. The summed E-state index contributed by atoms with van der Waals surface area (Å²) < 4.78 is 24.9. The van der Waals surface area contributed by atoms with E-state index >= 15 is 0 Å². The molecule has 1 aromatic carbocycles. The van der Waals surface area contributed by atoms with Gasteiger partial charge in [-0.3, -0.25) is 0 Å². The lowest BCUT2D eigenvalue weighted by molar-refractivity contribution is -0.0381. The van der Waals surface area contributed by atoms with Gasteiger partial charge in [0.25, 0.3) is 0 Å². The smallest absolute Gasteiger partial charge is 0.200 e. The number of hydrogen-bond acceptors (Lipinski definition) is 5.